The molecule has 1 amide bonds. The van der Waals surface area contributed by atoms with Gasteiger partial charge >= 0.3 is 11.7 Å². The van der Waals surface area contributed by atoms with Crippen molar-refractivity contribution in [1.29, 1.82) is 0 Å². The van der Waals surface area contributed by atoms with E-state index in [0.717, 1.165) is 9.25 Å². The third-order valence-electron chi connectivity index (χ3n) is 6.68. The molecule has 0 bridgehead atoms. The average molecular weight is 553 g/mol. The van der Waals surface area contributed by atoms with Gasteiger partial charge in [0.05, 0.1) is 46.1 Å². The number of benzene rings is 2. The summed E-state index contributed by atoms with van der Waals surface area (Å²) in [4.78, 5) is 54.7. The van der Waals surface area contributed by atoms with Gasteiger partial charge < -0.3 is 23.8 Å². The second-order valence-corrected chi connectivity index (χ2v) is 9.17. The molecule has 4 rings (SSSR count). The van der Waals surface area contributed by atoms with Crippen LogP contribution in [-0.4, -0.2) is 72.1 Å². The summed E-state index contributed by atoms with van der Waals surface area (Å²) in [6.07, 6.45) is 1.13. The maximum absolute atomic E-state index is 13.7. The maximum Gasteiger partial charge on any atom is 0.352 e. The molecule has 2 heterocycles. The van der Waals surface area contributed by atoms with Crippen LogP contribution in [0.4, 0.5) is 0 Å². The minimum atomic E-state index is -0.840. The Hall–Kier alpha value is -4.61. The Morgan fingerprint density at radius 3 is 2.48 bits per heavy atom. The molecular formula is C28H32N4O8. The zero-order chi connectivity index (χ0) is 28.8. The third kappa shape index (κ3) is 5.85. The normalized spacial score (nSPS) is 14.9. The summed E-state index contributed by atoms with van der Waals surface area (Å²) >= 11 is 0. The molecule has 0 spiro atoms. The van der Waals surface area contributed by atoms with E-state index >= 15 is 0 Å². The Kier molecular flexibility index (Phi) is 8.87. The minimum absolute atomic E-state index is 0.0875. The summed E-state index contributed by atoms with van der Waals surface area (Å²) in [5.74, 6) is -0.256. The molecule has 2 aromatic carbocycles. The lowest BCUT2D eigenvalue weighted by Crippen LogP contribution is -2.49. The molecule has 12 heteroatoms. The zero-order valence-electron chi connectivity index (χ0n) is 22.9. The summed E-state index contributed by atoms with van der Waals surface area (Å²) in [7, 11) is 4.45. The third-order valence-corrected chi connectivity index (χ3v) is 6.68. The second kappa shape index (κ2) is 12.5. The van der Waals surface area contributed by atoms with Crippen LogP contribution < -0.4 is 25.5 Å². The fraction of sp³-hybridized carbons (Fsp3) is 0.393. The predicted molar refractivity (Wildman–Crippen MR) is 145 cm³/mol. The molecule has 1 aliphatic rings. The first kappa shape index (κ1) is 28.4. The molecular weight excluding hydrogens is 520 g/mol. The SMILES string of the molecule is CCOC(=O)[C@H]1CCCN(C(=O)c2nn(-c3ccc(OC)c(OC)c3)c(=O)n(Cc3cccc(OC)c3)c2=O)C1. The standard InChI is InChI=1S/C28H32N4O8/c1-5-40-27(35)19-9-7-13-30(17-19)25(33)24-26(34)31(16-18-8-6-10-21(14-18)37-2)28(36)32(29-24)20-11-12-22(38-3)23(15-20)39-4/h6,8,10-12,14-15,19H,5,7,9,13,16-17H2,1-4H3/t19-/m0/s1. The number of nitrogens with zero attached hydrogens (tertiary/aromatic N) is 4. The van der Waals surface area contributed by atoms with Gasteiger partial charge in [0.25, 0.3) is 11.5 Å². The maximum atomic E-state index is 13.7. The van der Waals surface area contributed by atoms with Crippen LogP contribution in [0.1, 0.15) is 35.8 Å². The first-order chi connectivity index (χ1) is 19.3. The van der Waals surface area contributed by atoms with Crippen molar-refractivity contribution in [2.45, 2.75) is 26.3 Å². The number of hydrogen-bond donors (Lipinski definition) is 0. The number of aromatic nitrogens is 3. The lowest BCUT2D eigenvalue weighted by atomic mass is 9.98. The number of methoxy groups -OCH3 is 3. The Morgan fingerprint density at radius 2 is 1.77 bits per heavy atom. The van der Waals surface area contributed by atoms with E-state index in [1.165, 1.54) is 32.3 Å². The monoisotopic (exact) mass is 552 g/mol. The summed E-state index contributed by atoms with van der Waals surface area (Å²) in [6, 6.07) is 11.6. The number of carbonyl (C=O) groups is 2. The summed E-state index contributed by atoms with van der Waals surface area (Å²) in [5, 5.41) is 4.23. The van der Waals surface area contributed by atoms with Gasteiger partial charge in [-0.25, -0.2) is 4.79 Å². The topological polar surface area (TPSA) is 131 Å². The van der Waals surface area contributed by atoms with Gasteiger partial charge in [0.2, 0.25) is 5.69 Å². The number of piperidine rings is 1. The lowest BCUT2D eigenvalue weighted by Gasteiger charge is -2.31. The highest BCUT2D eigenvalue weighted by Gasteiger charge is 2.32. The highest BCUT2D eigenvalue weighted by atomic mass is 16.5. The predicted octanol–water partition coefficient (Wildman–Crippen LogP) is 1.88. The van der Waals surface area contributed by atoms with E-state index in [-0.39, 0.29) is 25.4 Å². The van der Waals surface area contributed by atoms with Gasteiger partial charge in [-0.2, -0.15) is 9.78 Å². The van der Waals surface area contributed by atoms with Crippen molar-refractivity contribution >= 4 is 11.9 Å². The van der Waals surface area contributed by atoms with E-state index in [1.807, 2.05) is 0 Å². The Labute approximate surface area is 230 Å². The highest BCUT2D eigenvalue weighted by Crippen LogP contribution is 2.28. The van der Waals surface area contributed by atoms with E-state index in [1.54, 1.807) is 43.3 Å². The van der Waals surface area contributed by atoms with Crippen LogP contribution in [0.3, 0.4) is 0 Å². The van der Waals surface area contributed by atoms with Crippen LogP contribution in [0.25, 0.3) is 5.69 Å². The van der Waals surface area contributed by atoms with Crippen molar-refractivity contribution in [1.82, 2.24) is 19.2 Å². The van der Waals surface area contributed by atoms with Crippen molar-refractivity contribution in [3.8, 4) is 22.9 Å². The molecule has 1 fully saturated rings. The van der Waals surface area contributed by atoms with Crippen LogP contribution >= 0.6 is 0 Å². The number of likely N-dealkylation sites (tertiary alicyclic amines) is 1. The van der Waals surface area contributed by atoms with Crippen LogP contribution in [0, 0.1) is 5.92 Å². The van der Waals surface area contributed by atoms with Crippen molar-refractivity contribution in [3.05, 3.63) is 74.6 Å². The van der Waals surface area contributed by atoms with E-state index < -0.39 is 34.7 Å². The number of rotatable bonds is 9. The van der Waals surface area contributed by atoms with Gasteiger partial charge in [0, 0.05) is 19.2 Å². The van der Waals surface area contributed by atoms with Crippen LogP contribution in [0.2, 0.25) is 0 Å². The van der Waals surface area contributed by atoms with Crippen LogP contribution in [-0.2, 0) is 16.1 Å². The van der Waals surface area contributed by atoms with E-state index in [0.29, 0.717) is 42.2 Å². The number of amides is 1. The number of carbonyl (C=O) groups excluding carboxylic acids is 2. The van der Waals surface area contributed by atoms with E-state index in [9.17, 15) is 19.2 Å². The second-order valence-electron chi connectivity index (χ2n) is 9.17. The molecule has 12 nitrogen and oxygen atoms in total. The Morgan fingerprint density at radius 1 is 1.00 bits per heavy atom. The van der Waals surface area contributed by atoms with Crippen molar-refractivity contribution in [3.63, 3.8) is 0 Å². The average Bonchev–Trinajstić information content (AvgIpc) is 2.99. The van der Waals surface area contributed by atoms with Crippen molar-refractivity contribution in [2.75, 3.05) is 41.0 Å². The zero-order valence-corrected chi connectivity index (χ0v) is 22.9. The number of ether oxygens (including phenoxy) is 4. The molecule has 3 aromatic rings. The minimum Gasteiger partial charge on any atom is -0.497 e. The lowest BCUT2D eigenvalue weighted by molar-refractivity contribution is -0.149. The smallest absolute Gasteiger partial charge is 0.352 e. The summed E-state index contributed by atoms with van der Waals surface area (Å²) in [5.41, 5.74) is -1.16. The fourth-order valence-electron chi connectivity index (χ4n) is 4.63. The van der Waals surface area contributed by atoms with Gasteiger partial charge in [-0.1, -0.05) is 12.1 Å². The van der Waals surface area contributed by atoms with Gasteiger partial charge in [-0.15, -0.1) is 0 Å². The van der Waals surface area contributed by atoms with Gasteiger partial charge in [-0.3, -0.25) is 19.0 Å². The summed E-state index contributed by atoms with van der Waals surface area (Å²) in [6.45, 7) is 2.24. The van der Waals surface area contributed by atoms with Crippen LogP contribution in [0.15, 0.2) is 52.1 Å². The molecule has 1 aromatic heterocycles. The van der Waals surface area contributed by atoms with Gasteiger partial charge in [0.15, 0.2) is 11.5 Å². The molecule has 40 heavy (non-hydrogen) atoms. The molecule has 0 N–H and O–H groups in total. The molecule has 1 saturated heterocycles. The Balaban J connectivity index is 1.83. The Bertz CT molecular complexity index is 1510. The molecule has 212 valence electrons. The first-order valence-corrected chi connectivity index (χ1v) is 12.9. The molecule has 0 radical (unpaired) electrons. The molecule has 0 saturated carbocycles. The largest absolute Gasteiger partial charge is 0.497 e. The van der Waals surface area contributed by atoms with E-state index in [4.69, 9.17) is 18.9 Å². The van der Waals surface area contributed by atoms with E-state index in [2.05, 4.69) is 5.10 Å². The quantitative estimate of drug-likeness (QED) is 0.365. The molecule has 0 aliphatic carbocycles. The number of hydrogen-bond acceptors (Lipinski definition) is 9. The highest BCUT2D eigenvalue weighted by molar-refractivity contribution is 5.92. The van der Waals surface area contributed by atoms with Gasteiger partial charge in [-0.05, 0) is 49.6 Å². The molecule has 1 aliphatic heterocycles. The first-order valence-electron chi connectivity index (χ1n) is 12.9. The van der Waals surface area contributed by atoms with Crippen molar-refractivity contribution in [2.24, 2.45) is 5.92 Å². The molecule has 0 unspecified atom stereocenters. The van der Waals surface area contributed by atoms with Crippen LogP contribution in [0.5, 0.6) is 17.2 Å². The molecule has 1 atom stereocenters. The van der Waals surface area contributed by atoms with Crippen molar-refractivity contribution < 1.29 is 28.5 Å². The number of esters is 1. The van der Waals surface area contributed by atoms with Gasteiger partial charge in [0.1, 0.15) is 5.75 Å². The summed E-state index contributed by atoms with van der Waals surface area (Å²) < 4.78 is 23.0. The fourth-order valence-corrected chi connectivity index (χ4v) is 4.63.